The highest BCUT2D eigenvalue weighted by molar-refractivity contribution is 5.95. The molecule has 0 fully saturated rings. The Hall–Kier alpha value is -2.95. The minimum Gasteiger partial charge on any atom is -0.507 e. The number of aromatic hydroxyl groups is 2. The fourth-order valence-corrected chi connectivity index (χ4v) is 2.83. The van der Waals surface area contributed by atoms with Crippen LogP contribution >= 0.6 is 0 Å². The highest BCUT2D eigenvalue weighted by Crippen LogP contribution is 2.31. The first-order valence-corrected chi connectivity index (χ1v) is 7.51. The molecule has 0 heterocycles. The Morgan fingerprint density at radius 3 is 2.20 bits per heavy atom. The summed E-state index contributed by atoms with van der Waals surface area (Å²) in [7, 11) is 0. The minimum atomic E-state index is -4.40. The van der Waals surface area contributed by atoms with Crippen molar-refractivity contribution in [2.45, 2.75) is 13.1 Å². The molecule has 2 N–H and O–H groups in total. The fraction of sp³-hybridized carbons (Fsp3) is 0.100. The fourth-order valence-electron chi connectivity index (χ4n) is 2.83. The summed E-state index contributed by atoms with van der Waals surface area (Å²) < 4.78 is 38.0. The van der Waals surface area contributed by atoms with Crippen LogP contribution in [0.1, 0.15) is 16.7 Å². The number of phenols is 2. The van der Waals surface area contributed by atoms with E-state index < -0.39 is 11.7 Å². The van der Waals surface area contributed by atoms with Crippen LogP contribution in [0.3, 0.4) is 0 Å². The first-order valence-electron chi connectivity index (χ1n) is 7.51. The number of phenolic OH excluding ortho intramolecular Hbond substituents is 2. The standard InChI is InChI=1S/C20H15F3O2/c1-11-4-3-5-15-17(11)19(25)16(12(2)18(15)24)10-13-6-8-14(9-7-13)20(21,22)23/h3-10,24-25H,1H2,2H3. The molecule has 0 bridgehead atoms. The molecule has 2 nitrogen and oxygen atoms in total. The Balaban J connectivity index is 2.27. The van der Waals surface area contributed by atoms with Crippen LogP contribution in [0.2, 0.25) is 0 Å². The van der Waals surface area contributed by atoms with Gasteiger partial charge in [0, 0.05) is 21.6 Å². The maximum Gasteiger partial charge on any atom is 0.416 e. The molecule has 0 aliphatic carbocycles. The lowest BCUT2D eigenvalue weighted by Crippen LogP contribution is -2.12. The minimum absolute atomic E-state index is 0.0106. The van der Waals surface area contributed by atoms with Crippen molar-refractivity contribution < 1.29 is 23.4 Å². The van der Waals surface area contributed by atoms with Crippen molar-refractivity contribution in [2.24, 2.45) is 0 Å². The second kappa shape index (κ2) is 5.84. The number of halogens is 3. The molecule has 0 radical (unpaired) electrons. The van der Waals surface area contributed by atoms with Gasteiger partial charge in [0.05, 0.1) is 5.56 Å². The predicted octanol–water partition coefficient (Wildman–Crippen LogP) is 3.82. The first-order chi connectivity index (χ1) is 11.7. The Kier molecular flexibility index (Phi) is 3.95. The van der Waals surface area contributed by atoms with E-state index in [1.54, 1.807) is 25.1 Å². The summed E-state index contributed by atoms with van der Waals surface area (Å²) in [4.78, 5) is 0. The lowest BCUT2D eigenvalue weighted by atomic mass is 9.99. The summed E-state index contributed by atoms with van der Waals surface area (Å²) in [5.74, 6) is -0.0488. The normalized spacial score (nSPS) is 12.7. The van der Waals surface area contributed by atoms with E-state index in [4.69, 9.17) is 0 Å². The van der Waals surface area contributed by atoms with E-state index in [0.29, 0.717) is 32.3 Å². The van der Waals surface area contributed by atoms with Crippen LogP contribution in [0.25, 0.3) is 23.4 Å². The predicted molar refractivity (Wildman–Crippen MR) is 91.8 cm³/mol. The molecule has 25 heavy (non-hydrogen) atoms. The van der Waals surface area contributed by atoms with Crippen LogP contribution in [0.5, 0.6) is 11.5 Å². The molecule has 0 spiro atoms. The number of benzene rings is 3. The van der Waals surface area contributed by atoms with E-state index >= 15 is 0 Å². The van der Waals surface area contributed by atoms with E-state index in [9.17, 15) is 23.4 Å². The molecule has 0 aliphatic rings. The highest BCUT2D eigenvalue weighted by atomic mass is 19.4. The molecular formula is C20H15F3O2. The Labute approximate surface area is 141 Å². The zero-order valence-electron chi connectivity index (χ0n) is 13.4. The zero-order valence-corrected chi connectivity index (χ0v) is 13.4. The molecule has 3 aromatic carbocycles. The van der Waals surface area contributed by atoms with E-state index in [1.807, 2.05) is 0 Å². The molecule has 0 unspecified atom stereocenters. The van der Waals surface area contributed by atoms with Crippen LogP contribution < -0.4 is 10.4 Å². The molecule has 0 amide bonds. The van der Waals surface area contributed by atoms with Gasteiger partial charge in [0.25, 0.3) is 0 Å². The molecule has 0 aliphatic heterocycles. The molecule has 3 aromatic rings. The molecule has 128 valence electrons. The number of hydrogen-bond donors (Lipinski definition) is 2. The molecule has 0 saturated heterocycles. The van der Waals surface area contributed by atoms with Gasteiger partial charge in [-0.25, -0.2) is 0 Å². The van der Waals surface area contributed by atoms with Gasteiger partial charge in [-0.15, -0.1) is 0 Å². The first kappa shape index (κ1) is 16.9. The monoisotopic (exact) mass is 344 g/mol. The second-order valence-corrected chi connectivity index (χ2v) is 5.84. The number of alkyl halides is 3. The van der Waals surface area contributed by atoms with Gasteiger partial charge in [0.2, 0.25) is 0 Å². The molecular weight excluding hydrogens is 329 g/mol. The summed E-state index contributed by atoms with van der Waals surface area (Å²) in [6.45, 7) is 5.50. The molecule has 0 saturated carbocycles. The lowest BCUT2D eigenvalue weighted by Gasteiger charge is -2.10. The maximum absolute atomic E-state index is 12.7. The molecule has 3 rings (SSSR count). The smallest absolute Gasteiger partial charge is 0.416 e. The second-order valence-electron chi connectivity index (χ2n) is 5.84. The average molecular weight is 344 g/mol. The summed E-state index contributed by atoms with van der Waals surface area (Å²) >= 11 is 0. The Morgan fingerprint density at radius 1 is 0.960 bits per heavy atom. The number of rotatable bonds is 1. The van der Waals surface area contributed by atoms with E-state index in [2.05, 4.69) is 6.58 Å². The van der Waals surface area contributed by atoms with Crippen molar-refractivity contribution in [3.05, 3.63) is 69.6 Å². The van der Waals surface area contributed by atoms with Gasteiger partial charge < -0.3 is 10.2 Å². The van der Waals surface area contributed by atoms with Crippen molar-refractivity contribution in [2.75, 3.05) is 0 Å². The summed E-state index contributed by atoms with van der Waals surface area (Å²) in [5.41, 5.74) is 0.175. The third kappa shape index (κ3) is 2.93. The quantitative estimate of drug-likeness (QED) is 0.659. The molecule has 0 atom stereocenters. The average Bonchev–Trinajstić information content (AvgIpc) is 2.56. The van der Waals surface area contributed by atoms with Gasteiger partial charge in [0.1, 0.15) is 11.5 Å². The third-order valence-corrected chi connectivity index (χ3v) is 4.21. The largest absolute Gasteiger partial charge is 0.507 e. The third-order valence-electron chi connectivity index (χ3n) is 4.21. The topological polar surface area (TPSA) is 40.5 Å². The van der Waals surface area contributed by atoms with Crippen LogP contribution in [0, 0.1) is 6.92 Å². The van der Waals surface area contributed by atoms with Gasteiger partial charge >= 0.3 is 6.18 Å². The summed E-state index contributed by atoms with van der Waals surface area (Å²) in [6, 6.07) is 9.70. The van der Waals surface area contributed by atoms with Crippen LogP contribution in [0.15, 0.2) is 42.5 Å². The van der Waals surface area contributed by atoms with Crippen molar-refractivity contribution in [3.8, 4) is 11.5 Å². The lowest BCUT2D eigenvalue weighted by molar-refractivity contribution is -0.137. The van der Waals surface area contributed by atoms with Crippen LogP contribution in [0.4, 0.5) is 13.2 Å². The number of fused-ring (bicyclic) bond motifs is 1. The van der Waals surface area contributed by atoms with Crippen molar-refractivity contribution in [3.63, 3.8) is 0 Å². The van der Waals surface area contributed by atoms with Crippen LogP contribution in [-0.2, 0) is 6.18 Å². The van der Waals surface area contributed by atoms with E-state index in [-0.39, 0.29) is 11.5 Å². The number of hydrogen-bond acceptors (Lipinski definition) is 2. The van der Waals surface area contributed by atoms with Gasteiger partial charge in [-0.3, -0.25) is 0 Å². The summed E-state index contributed by atoms with van der Waals surface area (Å²) in [6.07, 6.45) is -2.86. The van der Waals surface area contributed by atoms with Crippen molar-refractivity contribution >= 4 is 23.4 Å². The van der Waals surface area contributed by atoms with E-state index in [1.165, 1.54) is 18.2 Å². The maximum atomic E-state index is 12.7. The van der Waals surface area contributed by atoms with Crippen molar-refractivity contribution in [1.82, 2.24) is 0 Å². The highest BCUT2D eigenvalue weighted by Gasteiger charge is 2.29. The summed E-state index contributed by atoms with van der Waals surface area (Å²) in [5, 5.41) is 22.8. The van der Waals surface area contributed by atoms with Gasteiger partial charge in [-0.1, -0.05) is 36.9 Å². The Morgan fingerprint density at radius 2 is 1.60 bits per heavy atom. The van der Waals surface area contributed by atoms with Gasteiger partial charge in [-0.2, -0.15) is 13.2 Å². The van der Waals surface area contributed by atoms with Gasteiger partial charge in [0.15, 0.2) is 0 Å². The molecule has 5 heteroatoms. The van der Waals surface area contributed by atoms with Gasteiger partial charge in [-0.05, 0) is 35.9 Å². The SMILES string of the molecule is C=c1cccc2c(O)c(C)c(=Cc3ccc(C(F)(F)F)cc3)c(O)c12. The Bertz CT molecular complexity index is 1070. The van der Waals surface area contributed by atoms with E-state index in [0.717, 1.165) is 12.1 Å². The molecule has 0 aromatic heterocycles. The van der Waals surface area contributed by atoms with Crippen LogP contribution in [-0.4, -0.2) is 10.2 Å². The zero-order chi connectivity index (χ0) is 18.4. The van der Waals surface area contributed by atoms with Crippen molar-refractivity contribution in [1.29, 1.82) is 0 Å².